The van der Waals surface area contributed by atoms with Crippen LogP contribution in [-0.2, 0) is 0 Å². The molecule has 25 heavy (non-hydrogen) atoms. The van der Waals surface area contributed by atoms with Crippen LogP contribution >= 0.6 is 0 Å². The van der Waals surface area contributed by atoms with Crippen LogP contribution in [0, 0.1) is 0 Å². The summed E-state index contributed by atoms with van der Waals surface area (Å²) in [4.78, 5) is 23.3. The predicted octanol–water partition coefficient (Wildman–Crippen LogP) is 2.03. The maximum atomic E-state index is 13.8. The summed E-state index contributed by atoms with van der Waals surface area (Å²) in [5.41, 5.74) is 6.05. The van der Waals surface area contributed by atoms with Gasteiger partial charge in [0, 0.05) is 37.4 Å². The van der Waals surface area contributed by atoms with Crippen molar-refractivity contribution in [2.45, 2.75) is 13.0 Å². The van der Waals surface area contributed by atoms with E-state index in [-0.39, 0.29) is 22.6 Å². The fourth-order valence-electron chi connectivity index (χ4n) is 2.89. The quantitative estimate of drug-likeness (QED) is 0.828. The van der Waals surface area contributed by atoms with E-state index in [0.717, 1.165) is 19.6 Å². The van der Waals surface area contributed by atoms with Crippen molar-refractivity contribution in [3.8, 4) is 0 Å². The normalized spacial score (nSPS) is 17.4. The monoisotopic (exact) mass is 341 g/mol. The van der Waals surface area contributed by atoms with Crippen molar-refractivity contribution >= 4 is 23.2 Å². The number of rotatable bonds is 4. The van der Waals surface area contributed by atoms with Crippen LogP contribution in [-0.4, -0.2) is 41.4 Å². The number of hydrogen-bond acceptors (Lipinski definition) is 6. The van der Waals surface area contributed by atoms with E-state index >= 15 is 0 Å². The minimum atomic E-state index is -0.710. The summed E-state index contributed by atoms with van der Waals surface area (Å²) < 4.78 is 13.8. The number of nitrogen functional groups attached to an aromatic ring is 1. The molecule has 3 N–H and O–H groups in total. The van der Waals surface area contributed by atoms with Gasteiger partial charge in [0.05, 0.1) is 5.56 Å². The molecule has 0 radical (unpaired) electrons. The molecule has 0 aliphatic carbocycles. The number of ketones is 1. The maximum Gasteiger partial charge on any atom is 0.215 e. The van der Waals surface area contributed by atoms with Gasteiger partial charge >= 0.3 is 0 Å². The molecule has 6 nitrogen and oxygen atoms in total. The Balaban J connectivity index is 2.04. The Morgan fingerprint density at radius 2 is 2.20 bits per heavy atom. The van der Waals surface area contributed by atoms with Crippen molar-refractivity contribution < 1.29 is 9.18 Å². The van der Waals surface area contributed by atoms with Crippen molar-refractivity contribution in [3.63, 3.8) is 0 Å². The summed E-state index contributed by atoms with van der Waals surface area (Å²) in [7, 11) is 0. The van der Waals surface area contributed by atoms with Crippen LogP contribution in [0.3, 0.4) is 0 Å². The number of nitrogens with zero attached hydrogens (tertiary/aromatic N) is 3. The summed E-state index contributed by atoms with van der Waals surface area (Å²) >= 11 is 0. The van der Waals surface area contributed by atoms with Gasteiger partial charge in [-0.05, 0) is 31.2 Å². The predicted molar refractivity (Wildman–Crippen MR) is 96.1 cm³/mol. The SMILES string of the molecule is C=C(F)c1ccc(N2CCN[C@@H](C)C2)nc1C(=O)c1cccnc1N. The van der Waals surface area contributed by atoms with Crippen molar-refractivity contribution in [2.24, 2.45) is 0 Å². The first-order valence-electron chi connectivity index (χ1n) is 8.06. The van der Waals surface area contributed by atoms with Crippen molar-refractivity contribution in [2.75, 3.05) is 30.3 Å². The number of carbonyl (C=O) groups excluding carboxylic acids is 1. The minimum Gasteiger partial charge on any atom is -0.383 e. The standard InChI is InChI=1S/C18H20FN5O/c1-11-10-24(9-8-21-11)15-6-5-13(12(2)19)16(23-15)17(25)14-4-3-7-22-18(14)20/h3-7,11,21H,2,8-10H2,1H3,(H2,20,22)/t11-/m0/s1. The fourth-order valence-corrected chi connectivity index (χ4v) is 2.89. The molecule has 1 saturated heterocycles. The van der Waals surface area contributed by atoms with Crippen molar-refractivity contribution in [1.82, 2.24) is 15.3 Å². The third kappa shape index (κ3) is 3.51. The second kappa shape index (κ2) is 6.98. The van der Waals surface area contributed by atoms with Gasteiger partial charge in [-0.1, -0.05) is 6.58 Å². The molecule has 2 aromatic rings. The van der Waals surface area contributed by atoms with Gasteiger partial charge in [0.25, 0.3) is 0 Å². The average Bonchev–Trinajstić information content (AvgIpc) is 2.61. The molecule has 1 atom stereocenters. The van der Waals surface area contributed by atoms with E-state index in [1.54, 1.807) is 18.2 Å². The molecule has 2 aromatic heterocycles. The molecular formula is C18H20FN5O. The van der Waals surface area contributed by atoms with E-state index in [9.17, 15) is 9.18 Å². The molecule has 0 bridgehead atoms. The molecule has 3 rings (SSSR count). The summed E-state index contributed by atoms with van der Waals surface area (Å²) in [6.07, 6.45) is 1.49. The van der Waals surface area contributed by atoms with E-state index in [4.69, 9.17) is 5.73 Å². The lowest BCUT2D eigenvalue weighted by Gasteiger charge is -2.33. The van der Waals surface area contributed by atoms with Gasteiger partial charge in [-0.25, -0.2) is 14.4 Å². The Morgan fingerprint density at radius 3 is 2.88 bits per heavy atom. The average molecular weight is 341 g/mol. The zero-order chi connectivity index (χ0) is 18.0. The van der Waals surface area contributed by atoms with Crippen LogP contribution in [0.1, 0.15) is 28.5 Å². The number of pyridine rings is 2. The highest BCUT2D eigenvalue weighted by molar-refractivity contribution is 6.12. The molecule has 0 unspecified atom stereocenters. The van der Waals surface area contributed by atoms with Crippen LogP contribution in [0.15, 0.2) is 37.0 Å². The zero-order valence-electron chi connectivity index (χ0n) is 14.0. The Labute approximate surface area is 145 Å². The van der Waals surface area contributed by atoms with Gasteiger partial charge < -0.3 is 16.0 Å². The van der Waals surface area contributed by atoms with E-state index in [1.165, 1.54) is 12.3 Å². The number of anilines is 2. The largest absolute Gasteiger partial charge is 0.383 e. The summed E-state index contributed by atoms with van der Waals surface area (Å²) in [6, 6.07) is 6.71. The first-order chi connectivity index (χ1) is 12.0. The zero-order valence-corrected chi connectivity index (χ0v) is 14.0. The molecule has 1 fully saturated rings. The Kier molecular flexibility index (Phi) is 4.76. The Hall–Kier alpha value is -2.80. The van der Waals surface area contributed by atoms with Gasteiger partial charge in [0.1, 0.15) is 23.2 Å². The van der Waals surface area contributed by atoms with Crippen molar-refractivity contribution in [3.05, 3.63) is 53.9 Å². The van der Waals surface area contributed by atoms with Gasteiger partial charge in [0.15, 0.2) is 0 Å². The molecule has 1 aliphatic heterocycles. The molecule has 0 spiro atoms. The lowest BCUT2D eigenvalue weighted by atomic mass is 10.0. The number of nitrogens with one attached hydrogen (secondary N) is 1. The first-order valence-corrected chi connectivity index (χ1v) is 8.06. The molecule has 0 amide bonds. The Morgan fingerprint density at radius 1 is 1.40 bits per heavy atom. The van der Waals surface area contributed by atoms with Crippen LogP contribution in [0.2, 0.25) is 0 Å². The summed E-state index contributed by atoms with van der Waals surface area (Å²) in [6.45, 7) is 7.72. The second-order valence-corrected chi connectivity index (χ2v) is 6.04. The first kappa shape index (κ1) is 17.0. The number of halogens is 1. The van der Waals surface area contributed by atoms with E-state index in [0.29, 0.717) is 11.9 Å². The van der Waals surface area contributed by atoms with Crippen LogP contribution in [0.5, 0.6) is 0 Å². The molecule has 0 saturated carbocycles. The smallest absolute Gasteiger partial charge is 0.215 e. The van der Waals surface area contributed by atoms with Crippen LogP contribution in [0.4, 0.5) is 16.0 Å². The summed E-state index contributed by atoms with van der Waals surface area (Å²) in [5, 5.41) is 3.35. The second-order valence-electron chi connectivity index (χ2n) is 6.04. The lowest BCUT2D eigenvalue weighted by Crippen LogP contribution is -2.49. The number of piperazine rings is 1. The van der Waals surface area contributed by atoms with E-state index < -0.39 is 11.6 Å². The number of hydrogen-bond donors (Lipinski definition) is 2. The lowest BCUT2D eigenvalue weighted by molar-refractivity contribution is 0.103. The van der Waals surface area contributed by atoms with E-state index in [2.05, 4.69) is 33.7 Å². The number of nitrogens with two attached hydrogens (primary N) is 1. The Bertz CT molecular complexity index is 823. The van der Waals surface area contributed by atoms with Crippen molar-refractivity contribution in [1.29, 1.82) is 0 Å². The molecule has 7 heteroatoms. The van der Waals surface area contributed by atoms with Gasteiger partial charge in [-0.3, -0.25) is 4.79 Å². The maximum absolute atomic E-state index is 13.8. The van der Waals surface area contributed by atoms with Gasteiger partial charge in [-0.2, -0.15) is 0 Å². The highest BCUT2D eigenvalue weighted by Gasteiger charge is 2.23. The molecule has 1 aliphatic rings. The third-order valence-corrected chi connectivity index (χ3v) is 4.16. The third-order valence-electron chi connectivity index (χ3n) is 4.16. The summed E-state index contributed by atoms with van der Waals surface area (Å²) in [5.74, 6) is -0.460. The minimum absolute atomic E-state index is 0.00381. The highest BCUT2D eigenvalue weighted by Crippen LogP contribution is 2.25. The molecule has 0 aromatic carbocycles. The molecule has 3 heterocycles. The topological polar surface area (TPSA) is 84.1 Å². The van der Waals surface area contributed by atoms with Gasteiger partial charge in [-0.15, -0.1) is 0 Å². The number of carbonyl (C=O) groups is 1. The number of aromatic nitrogens is 2. The van der Waals surface area contributed by atoms with Gasteiger partial charge in [0.2, 0.25) is 5.78 Å². The molecule has 130 valence electrons. The van der Waals surface area contributed by atoms with Crippen LogP contribution < -0.4 is 16.0 Å². The highest BCUT2D eigenvalue weighted by atomic mass is 19.1. The fraction of sp³-hybridized carbons (Fsp3) is 0.278. The van der Waals surface area contributed by atoms with Crippen LogP contribution in [0.25, 0.3) is 5.83 Å². The molecular weight excluding hydrogens is 321 g/mol. The van der Waals surface area contributed by atoms with E-state index in [1.807, 2.05) is 0 Å².